The van der Waals surface area contributed by atoms with Crippen LogP contribution in [-0.2, 0) is 19.4 Å². The van der Waals surface area contributed by atoms with Crippen molar-refractivity contribution in [2.75, 3.05) is 0 Å². The SMILES string of the molecule is Cc1c(-c2ccc(CNC3Cc4ccccc4C3)cc2F)ccc2nc[nH]c12. The summed E-state index contributed by atoms with van der Waals surface area (Å²) in [6.45, 7) is 2.68. The van der Waals surface area contributed by atoms with Crippen LogP contribution in [0.25, 0.3) is 22.2 Å². The summed E-state index contributed by atoms with van der Waals surface area (Å²) in [5.74, 6) is -0.184. The average Bonchev–Trinajstić information content (AvgIpc) is 3.34. The number of halogens is 1. The molecule has 3 aromatic carbocycles. The van der Waals surface area contributed by atoms with Crippen LogP contribution in [0.15, 0.2) is 60.9 Å². The van der Waals surface area contributed by atoms with Crippen LogP contribution in [0.5, 0.6) is 0 Å². The highest BCUT2D eigenvalue weighted by molar-refractivity contribution is 5.86. The van der Waals surface area contributed by atoms with E-state index in [4.69, 9.17) is 0 Å². The molecule has 3 nitrogen and oxygen atoms in total. The van der Waals surface area contributed by atoms with E-state index >= 15 is 0 Å². The summed E-state index contributed by atoms with van der Waals surface area (Å²) in [5, 5.41) is 3.58. The van der Waals surface area contributed by atoms with Gasteiger partial charge in [-0.1, -0.05) is 42.5 Å². The predicted molar refractivity (Wildman–Crippen MR) is 111 cm³/mol. The second-order valence-corrected chi connectivity index (χ2v) is 7.60. The predicted octanol–water partition coefficient (Wildman–Crippen LogP) is 4.93. The second kappa shape index (κ2) is 6.88. The van der Waals surface area contributed by atoms with Crippen LogP contribution in [0.4, 0.5) is 4.39 Å². The summed E-state index contributed by atoms with van der Waals surface area (Å²) in [6, 6.07) is 18.5. The van der Waals surface area contributed by atoms with Gasteiger partial charge in [-0.25, -0.2) is 9.37 Å². The van der Waals surface area contributed by atoms with Gasteiger partial charge in [-0.2, -0.15) is 0 Å². The molecule has 2 N–H and O–H groups in total. The number of fused-ring (bicyclic) bond motifs is 2. The van der Waals surface area contributed by atoms with E-state index in [-0.39, 0.29) is 5.82 Å². The van der Waals surface area contributed by atoms with Crippen LogP contribution < -0.4 is 5.32 Å². The van der Waals surface area contributed by atoms with Crippen LogP contribution in [0.1, 0.15) is 22.3 Å². The molecule has 140 valence electrons. The highest BCUT2D eigenvalue weighted by Crippen LogP contribution is 2.30. The first kappa shape index (κ1) is 17.1. The number of aryl methyl sites for hydroxylation is 1. The van der Waals surface area contributed by atoms with E-state index in [0.717, 1.165) is 40.6 Å². The van der Waals surface area contributed by atoms with Crippen molar-refractivity contribution in [3.05, 3.63) is 89.0 Å². The summed E-state index contributed by atoms with van der Waals surface area (Å²) in [6.07, 6.45) is 3.76. The van der Waals surface area contributed by atoms with Crippen molar-refractivity contribution in [1.82, 2.24) is 15.3 Å². The standard InChI is InChI=1S/C24H22FN3/c1-15-20(8-9-23-24(15)28-14-27-23)21-7-6-16(10-22(21)25)13-26-19-11-17-4-2-3-5-18(17)12-19/h2-10,14,19,26H,11-13H2,1H3,(H,27,28). The quantitative estimate of drug-likeness (QED) is 0.534. The number of imidazole rings is 1. The lowest BCUT2D eigenvalue weighted by atomic mass is 9.97. The van der Waals surface area contributed by atoms with Gasteiger partial charge >= 0.3 is 0 Å². The summed E-state index contributed by atoms with van der Waals surface area (Å²) in [5.41, 5.74) is 8.23. The van der Waals surface area contributed by atoms with Gasteiger partial charge in [0.1, 0.15) is 5.82 Å². The third-order valence-electron chi connectivity index (χ3n) is 5.83. The van der Waals surface area contributed by atoms with Gasteiger partial charge in [0.25, 0.3) is 0 Å². The van der Waals surface area contributed by atoms with Crippen LogP contribution >= 0.6 is 0 Å². The van der Waals surface area contributed by atoms with Gasteiger partial charge in [0.05, 0.1) is 17.4 Å². The van der Waals surface area contributed by atoms with Gasteiger partial charge in [0.2, 0.25) is 0 Å². The van der Waals surface area contributed by atoms with Crippen molar-refractivity contribution < 1.29 is 4.39 Å². The Morgan fingerprint density at radius 3 is 2.54 bits per heavy atom. The number of hydrogen-bond donors (Lipinski definition) is 2. The molecular formula is C24H22FN3. The summed E-state index contributed by atoms with van der Waals surface area (Å²) in [7, 11) is 0. The molecule has 1 heterocycles. The number of hydrogen-bond acceptors (Lipinski definition) is 2. The fourth-order valence-electron chi connectivity index (χ4n) is 4.30. The highest BCUT2D eigenvalue weighted by atomic mass is 19.1. The smallest absolute Gasteiger partial charge is 0.131 e. The fourth-order valence-corrected chi connectivity index (χ4v) is 4.30. The molecule has 0 saturated carbocycles. The zero-order chi connectivity index (χ0) is 19.1. The van der Waals surface area contributed by atoms with Crippen molar-refractivity contribution in [3.63, 3.8) is 0 Å². The minimum atomic E-state index is -0.184. The third kappa shape index (κ3) is 3.00. The molecule has 28 heavy (non-hydrogen) atoms. The van der Waals surface area contributed by atoms with Gasteiger partial charge in [0, 0.05) is 18.2 Å². The molecule has 0 aliphatic heterocycles. The van der Waals surface area contributed by atoms with Crippen LogP contribution in [0.3, 0.4) is 0 Å². The molecule has 0 fully saturated rings. The number of nitrogens with one attached hydrogen (secondary N) is 2. The van der Waals surface area contributed by atoms with Crippen molar-refractivity contribution >= 4 is 11.0 Å². The van der Waals surface area contributed by atoms with E-state index in [9.17, 15) is 4.39 Å². The maximum atomic E-state index is 14.9. The maximum absolute atomic E-state index is 14.9. The Bertz CT molecular complexity index is 1140. The Morgan fingerprint density at radius 2 is 1.79 bits per heavy atom. The van der Waals surface area contributed by atoms with Crippen molar-refractivity contribution in [2.45, 2.75) is 32.4 Å². The fraction of sp³-hybridized carbons (Fsp3) is 0.208. The van der Waals surface area contributed by atoms with E-state index < -0.39 is 0 Å². The highest BCUT2D eigenvalue weighted by Gasteiger charge is 2.20. The summed E-state index contributed by atoms with van der Waals surface area (Å²) < 4.78 is 14.9. The Morgan fingerprint density at radius 1 is 1.04 bits per heavy atom. The molecule has 4 aromatic rings. The molecule has 1 aromatic heterocycles. The molecule has 1 aliphatic carbocycles. The minimum Gasteiger partial charge on any atom is -0.344 e. The monoisotopic (exact) mass is 371 g/mol. The van der Waals surface area contributed by atoms with E-state index in [0.29, 0.717) is 18.2 Å². The van der Waals surface area contributed by atoms with Crippen LogP contribution in [0, 0.1) is 12.7 Å². The van der Waals surface area contributed by atoms with Gasteiger partial charge in [-0.15, -0.1) is 0 Å². The lowest BCUT2D eigenvalue weighted by Gasteiger charge is -2.13. The first-order chi connectivity index (χ1) is 13.7. The number of H-pyrrole nitrogens is 1. The zero-order valence-corrected chi connectivity index (χ0v) is 15.8. The first-order valence-electron chi connectivity index (χ1n) is 9.70. The van der Waals surface area contributed by atoms with Gasteiger partial charge < -0.3 is 10.3 Å². The molecule has 0 unspecified atom stereocenters. The van der Waals surface area contributed by atoms with Crippen LogP contribution in [-0.4, -0.2) is 16.0 Å². The largest absolute Gasteiger partial charge is 0.344 e. The van der Waals surface area contributed by atoms with Gasteiger partial charge in [-0.05, 0) is 59.7 Å². The molecule has 0 bridgehead atoms. The zero-order valence-electron chi connectivity index (χ0n) is 15.8. The number of nitrogens with zero attached hydrogens (tertiary/aromatic N) is 1. The Hall–Kier alpha value is -2.98. The number of rotatable bonds is 4. The number of benzene rings is 3. The summed E-state index contributed by atoms with van der Waals surface area (Å²) in [4.78, 5) is 7.41. The Labute approximate surface area is 163 Å². The van der Waals surface area contributed by atoms with E-state index in [1.807, 2.05) is 31.2 Å². The molecule has 1 aliphatic rings. The van der Waals surface area contributed by atoms with Crippen molar-refractivity contribution in [3.8, 4) is 11.1 Å². The molecule has 0 atom stereocenters. The normalized spacial score (nSPS) is 13.9. The molecule has 0 amide bonds. The number of aromatic amines is 1. The topological polar surface area (TPSA) is 40.7 Å². The van der Waals surface area contributed by atoms with Gasteiger partial charge in [-0.3, -0.25) is 0 Å². The average molecular weight is 371 g/mol. The molecular weight excluding hydrogens is 349 g/mol. The Balaban J connectivity index is 1.33. The molecule has 4 heteroatoms. The van der Waals surface area contributed by atoms with Crippen molar-refractivity contribution in [2.24, 2.45) is 0 Å². The molecule has 0 saturated heterocycles. The Kier molecular flexibility index (Phi) is 4.21. The van der Waals surface area contributed by atoms with Crippen molar-refractivity contribution in [1.29, 1.82) is 0 Å². The van der Waals surface area contributed by atoms with Crippen LogP contribution in [0.2, 0.25) is 0 Å². The third-order valence-corrected chi connectivity index (χ3v) is 5.83. The van der Waals surface area contributed by atoms with Gasteiger partial charge in [0.15, 0.2) is 0 Å². The molecule has 5 rings (SSSR count). The molecule has 0 radical (unpaired) electrons. The minimum absolute atomic E-state index is 0.184. The maximum Gasteiger partial charge on any atom is 0.131 e. The van der Waals surface area contributed by atoms with E-state index in [1.54, 1.807) is 12.4 Å². The molecule has 0 spiro atoms. The lowest BCUT2D eigenvalue weighted by Crippen LogP contribution is -2.28. The first-order valence-corrected chi connectivity index (χ1v) is 9.70. The number of aromatic nitrogens is 2. The second-order valence-electron chi connectivity index (χ2n) is 7.60. The van der Waals surface area contributed by atoms with E-state index in [2.05, 4.69) is 39.6 Å². The summed E-state index contributed by atoms with van der Waals surface area (Å²) >= 11 is 0. The van der Waals surface area contributed by atoms with E-state index in [1.165, 1.54) is 11.1 Å². The lowest BCUT2D eigenvalue weighted by molar-refractivity contribution is 0.530.